The van der Waals surface area contributed by atoms with Crippen LogP contribution in [0.2, 0.25) is 0 Å². The van der Waals surface area contributed by atoms with Crippen molar-refractivity contribution in [3.8, 4) is 0 Å². The highest BCUT2D eigenvalue weighted by atomic mass is 32.1. The summed E-state index contributed by atoms with van der Waals surface area (Å²) in [6.45, 7) is 0.608. The Bertz CT molecular complexity index is 422. The van der Waals surface area contributed by atoms with Gasteiger partial charge in [-0.2, -0.15) is 0 Å². The lowest BCUT2D eigenvalue weighted by Crippen LogP contribution is -2.02. The molecule has 0 spiro atoms. The van der Waals surface area contributed by atoms with Crippen molar-refractivity contribution < 1.29 is 4.39 Å². The molecule has 0 unspecified atom stereocenters. The van der Waals surface area contributed by atoms with Gasteiger partial charge in [0.15, 0.2) is 0 Å². The van der Waals surface area contributed by atoms with Gasteiger partial charge >= 0.3 is 0 Å². The number of benzene rings is 1. The fraction of sp³-hybridized carbons (Fsp3) is 0.200. The molecule has 0 atom stereocenters. The second-order valence-electron chi connectivity index (χ2n) is 2.91. The third-order valence-electron chi connectivity index (χ3n) is 2.07. The Morgan fingerprint density at radius 2 is 2.15 bits per heavy atom. The summed E-state index contributed by atoms with van der Waals surface area (Å²) in [7, 11) is 0. The zero-order chi connectivity index (χ0) is 9.26. The van der Waals surface area contributed by atoms with Crippen LogP contribution < -0.4 is 5.73 Å². The van der Waals surface area contributed by atoms with Crippen LogP contribution in [0.5, 0.6) is 0 Å². The first-order valence-corrected chi connectivity index (χ1v) is 5.05. The first kappa shape index (κ1) is 8.66. The number of nitrogens with two attached hydrogens (primary N) is 1. The first-order chi connectivity index (χ1) is 6.33. The van der Waals surface area contributed by atoms with Crippen molar-refractivity contribution in [3.63, 3.8) is 0 Å². The van der Waals surface area contributed by atoms with Crippen LogP contribution in [-0.4, -0.2) is 6.54 Å². The minimum atomic E-state index is -0.134. The number of fused-ring (bicyclic) bond motifs is 1. The Morgan fingerprint density at radius 3 is 2.92 bits per heavy atom. The van der Waals surface area contributed by atoms with E-state index in [1.54, 1.807) is 0 Å². The van der Waals surface area contributed by atoms with E-state index in [9.17, 15) is 4.39 Å². The molecule has 2 aromatic rings. The van der Waals surface area contributed by atoms with E-state index in [0.29, 0.717) is 6.54 Å². The highest BCUT2D eigenvalue weighted by molar-refractivity contribution is 7.17. The van der Waals surface area contributed by atoms with Crippen LogP contribution >= 0.6 is 11.3 Å². The summed E-state index contributed by atoms with van der Waals surface area (Å²) >= 11 is 1.44. The molecule has 1 nitrogen and oxygen atoms in total. The van der Waals surface area contributed by atoms with Crippen LogP contribution in [0, 0.1) is 5.82 Å². The van der Waals surface area contributed by atoms with E-state index in [2.05, 4.69) is 0 Å². The molecule has 0 saturated heterocycles. The highest BCUT2D eigenvalue weighted by Crippen LogP contribution is 2.27. The molecule has 0 aliphatic rings. The molecular weight excluding hydrogens is 185 g/mol. The van der Waals surface area contributed by atoms with Gasteiger partial charge in [0.25, 0.3) is 0 Å². The highest BCUT2D eigenvalue weighted by Gasteiger charge is 2.05. The lowest BCUT2D eigenvalue weighted by Gasteiger charge is -2.01. The van der Waals surface area contributed by atoms with Crippen molar-refractivity contribution in [1.82, 2.24) is 0 Å². The summed E-state index contributed by atoms with van der Waals surface area (Å²) in [6, 6.07) is 5.29. The van der Waals surface area contributed by atoms with Crippen LogP contribution in [0.15, 0.2) is 23.6 Å². The Hall–Kier alpha value is -0.930. The molecule has 0 bridgehead atoms. The summed E-state index contributed by atoms with van der Waals surface area (Å²) in [4.78, 5) is 0. The number of rotatable bonds is 2. The van der Waals surface area contributed by atoms with Gasteiger partial charge in [-0.3, -0.25) is 0 Å². The lowest BCUT2D eigenvalue weighted by molar-refractivity contribution is 0.641. The smallest absolute Gasteiger partial charge is 0.141 e. The average Bonchev–Trinajstić information content (AvgIpc) is 2.59. The minimum Gasteiger partial charge on any atom is -0.330 e. The largest absolute Gasteiger partial charge is 0.330 e. The zero-order valence-corrected chi connectivity index (χ0v) is 7.90. The molecule has 0 fully saturated rings. The van der Waals surface area contributed by atoms with E-state index in [0.717, 1.165) is 22.1 Å². The summed E-state index contributed by atoms with van der Waals surface area (Å²) in [5, 5.41) is 2.92. The van der Waals surface area contributed by atoms with Crippen molar-refractivity contribution in [1.29, 1.82) is 0 Å². The molecule has 0 aliphatic carbocycles. The van der Waals surface area contributed by atoms with Crippen molar-refractivity contribution in [2.24, 2.45) is 5.73 Å². The molecule has 0 radical (unpaired) electrons. The van der Waals surface area contributed by atoms with Crippen molar-refractivity contribution >= 4 is 21.4 Å². The fourth-order valence-electron chi connectivity index (χ4n) is 1.46. The van der Waals surface area contributed by atoms with Crippen LogP contribution in [0.4, 0.5) is 4.39 Å². The monoisotopic (exact) mass is 195 g/mol. The van der Waals surface area contributed by atoms with E-state index in [1.807, 2.05) is 17.5 Å². The molecule has 1 heterocycles. The molecule has 2 N–H and O–H groups in total. The standard InChI is InChI=1S/C10H10FNS/c11-9-2-1-7(3-5-12)8-4-6-13-10(8)9/h1-2,4,6H,3,5,12H2. The summed E-state index contributed by atoms with van der Waals surface area (Å²) in [6.07, 6.45) is 0.813. The average molecular weight is 195 g/mol. The van der Waals surface area contributed by atoms with Crippen LogP contribution in [0.25, 0.3) is 10.1 Å². The molecule has 0 amide bonds. The van der Waals surface area contributed by atoms with Crippen molar-refractivity contribution in [2.75, 3.05) is 6.54 Å². The zero-order valence-electron chi connectivity index (χ0n) is 7.09. The van der Waals surface area contributed by atoms with Gasteiger partial charge in [-0.25, -0.2) is 4.39 Å². The van der Waals surface area contributed by atoms with Gasteiger partial charge < -0.3 is 5.73 Å². The predicted molar refractivity (Wildman–Crippen MR) is 54.5 cm³/mol. The Balaban J connectivity index is 2.64. The van der Waals surface area contributed by atoms with E-state index in [1.165, 1.54) is 17.4 Å². The lowest BCUT2D eigenvalue weighted by atomic mass is 10.1. The summed E-state index contributed by atoms with van der Waals surface area (Å²) in [5.74, 6) is -0.134. The molecule has 1 aromatic heterocycles. The van der Waals surface area contributed by atoms with Crippen molar-refractivity contribution in [3.05, 3.63) is 35.0 Å². The van der Waals surface area contributed by atoms with Gasteiger partial charge in [0.05, 0.1) is 4.70 Å². The Morgan fingerprint density at radius 1 is 1.31 bits per heavy atom. The number of halogens is 1. The number of hydrogen-bond donors (Lipinski definition) is 1. The van der Waals surface area contributed by atoms with Crippen LogP contribution in [-0.2, 0) is 6.42 Å². The maximum atomic E-state index is 13.2. The van der Waals surface area contributed by atoms with E-state index in [4.69, 9.17) is 5.73 Å². The molecule has 0 aliphatic heterocycles. The SMILES string of the molecule is NCCc1ccc(F)c2sccc12. The fourth-order valence-corrected chi connectivity index (χ4v) is 2.31. The molecule has 13 heavy (non-hydrogen) atoms. The number of thiophene rings is 1. The van der Waals surface area contributed by atoms with E-state index >= 15 is 0 Å². The van der Waals surface area contributed by atoms with E-state index < -0.39 is 0 Å². The van der Waals surface area contributed by atoms with Crippen molar-refractivity contribution in [2.45, 2.75) is 6.42 Å². The number of hydrogen-bond acceptors (Lipinski definition) is 2. The summed E-state index contributed by atoms with van der Waals surface area (Å²) < 4.78 is 14.0. The van der Waals surface area contributed by atoms with E-state index in [-0.39, 0.29) is 5.82 Å². The molecule has 3 heteroatoms. The van der Waals surface area contributed by atoms with Crippen LogP contribution in [0.3, 0.4) is 0 Å². The second-order valence-corrected chi connectivity index (χ2v) is 3.82. The normalized spacial score (nSPS) is 10.9. The Kier molecular flexibility index (Phi) is 2.29. The summed E-state index contributed by atoms with van der Waals surface area (Å²) in [5.41, 5.74) is 6.61. The molecule has 1 aromatic carbocycles. The predicted octanol–water partition coefficient (Wildman–Crippen LogP) is 2.54. The molecule has 68 valence electrons. The van der Waals surface area contributed by atoms with Gasteiger partial charge in [-0.05, 0) is 41.4 Å². The van der Waals surface area contributed by atoms with Gasteiger partial charge in [0.2, 0.25) is 0 Å². The minimum absolute atomic E-state index is 0.134. The maximum absolute atomic E-state index is 13.2. The second kappa shape index (κ2) is 3.44. The van der Waals surface area contributed by atoms with Gasteiger partial charge in [-0.1, -0.05) is 6.07 Å². The third kappa shape index (κ3) is 1.45. The molecule has 2 rings (SSSR count). The molecular formula is C10H10FNS. The topological polar surface area (TPSA) is 26.0 Å². The van der Waals surface area contributed by atoms with Gasteiger partial charge in [0, 0.05) is 0 Å². The first-order valence-electron chi connectivity index (χ1n) is 4.17. The van der Waals surface area contributed by atoms with Gasteiger partial charge in [0.1, 0.15) is 5.82 Å². The van der Waals surface area contributed by atoms with Crippen LogP contribution in [0.1, 0.15) is 5.56 Å². The third-order valence-corrected chi connectivity index (χ3v) is 3.00. The maximum Gasteiger partial charge on any atom is 0.141 e. The Labute approximate surface area is 80.0 Å². The molecule has 0 saturated carbocycles. The quantitative estimate of drug-likeness (QED) is 0.783. The van der Waals surface area contributed by atoms with Gasteiger partial charge in [-0.15, -0.1) is 11.3 Å².